The zero-order valence-electron chi connectivity index (χ0n) is 30.0. The minimum atomic E-state index is -0.577. The van der Waals surface area contributed by atoms with Crippen molar-refractivity contribution in [2.24, 2.45) is 11.8 Å². The molecule has 47 heavy (non-hydrogen) atoms. The highest BCUT2D eigenvalue weighted by molar-refractivity contribution is 5.52. The van der Waals surface area contributed by atoms with Crippen LogP contribution in [-0.4, -0.2) is 31.1 Å². The number of aryl methyl sites for hydroxylation is 2. The first-order valence-corrected chi connectivity index (χ1v) is 17.6. The maximum absolute atomic E-state index is 10.5. The van der Waals surface area contributed by atoms with Crippen LogP contribution in [0, 0.1) is 11.8 Å². The molecule has 2 aromatic carbocycles. The van der Waals surface area contributed by atoms with Crippen molar-refractivity contribution < 1.29 is 25.5 Å². The van der Waals surface area contributed by atoms with Crippen molar-refractivity contribution >= 4 is 0 Å². The molecule has 4 atom stereocenters. The third-order valence-electron chi connectivity index (χ3n) is 9.29. The molecule has 0 saturated heterocycles. The third kappa shape index (κ3) is 13.7. The van der Waals surface area contributed by atoms with E-state index in [0.717, 1.165) is 68.1 Å². The molecule has 0 spiro atoms. The maximum atomic E-state index is 10.5. The highest BCUT2D eigenvalue weighted by Crippen LogP contribution is 2.46. The number of phenols is 4. The van der Waals surface area contributed by atoms with Crippen molar-refractivity contribution in [2.75, 3.05) is 0 Å². The summed E-state index contributed by atoms with van der Waals surface area (Å²) in [5.41, 5.74) is 5.73. The quantitative estimate of drug-likeness (QED) is 0.123. The van der Waals surface area contributed by atoms with E-state index in [1.54, 1.807) is 12.1 Å². The first-order chi connectivity index (χ1) is 22.2. The largest absolute Gasteiger partial charge is 0.508 e. The molecule has 2 aliphatic rings. The summed E-state index contributed by atoms with van der Waals surface area (Å²) in [6, 6.07) is 8.42. The molecule has 0 saturated carbocycles. The topological polar surface area (TPSA) is 101 Å². The summed E-state index contributed by atoms with van der Waals surface area (Å²) in [6.45, 7) is 20.4. The Bertz CT molecular complexity index is 1320. The van der Waals surface area contributed by atoms with E-state index in [2.05, 4.69) is 46.1 Å². The predicted molar refractivity (Wildman–Crippen MR) is 197 cm³/mol. The molecular weight excluding hydrogens is 584 g/mol. The Labute approximate surface area is 285 Å². The number of aliphatic hydroxyl groups is 1. The summed E-state index contributed by atoms with van der Waals surface area (Å²) in [6.07, 6.45) is 18.8. The fourth-order valence-electron chi connectivity index (χ4n) is 6.39. The minimum Gasteiger partial charge on any atom is -0.508 e. The highest BCUT2D eigenvalue weighted by atomic mass is 16.3. The van der Waals surface area contributed by atoms with Crippen LogP contribution in [0.2, 0.25) is 0 Å². The first-order valence-electron chi connectivity index (χ1n) is 17.6. The SMILES string of the molecule is C=C(C)C1C=CC(C)(O)CC1.C=C(C)[C@@H]1CCC(C)=C[C@H]1c1c(O)cc(CCCCC)cc1O.CCCCCc1cc(O)cc(O)c1. The monoisotopic (exact) mass is 646 g/mol. The van der Waals surface area contributed by atoms with E-state index in [1.807, 2.05) is 39.0 Å². The molecule has 0 fully saturated rings. The summed E-state index contributed by atoms with van der Waals surface area (Å²) >= 11 is 0. The molecule has 260 valence electrons. The lowest BCUT2D eigenvalue weighted by Gasteiger charge is -2.31. The standard InChI is InChI=1S/C21H30O2.C11H16O2.C10H16O/c1-5-6-7-8-16-12-19(22)21(20(23)13-16)18-11-15(4)9-10-17(18)14(2)3;1-2-3-4-5-9-6-10(12)8-11(13)7-9;1-8(2)9-4-6-10(3,11)7-5-9/h11-13,17-18,22-23H,2,5-10H2,1,3-4H3;6-8,12-13H,2-5H2,1H3;4,6,9,11H,1,5,7H2,2-3H3/t17-,18+;;/m0../s1. The van der Waals surface area contributed by atoms with Crippen LogP contribution in [0.15, 0.2) is 78.4 Å². The number of hydrogen-bond donors (Lipinski definition) is 5. The van der Waals surface area contributed by atoms with E-state index in [9.17, 15) is 25.5 Å². The average Bonchev–Trinajstić information content (AvgIpc) is 2.97. The van der Waals surface area contributed by atoms with Crippen molar-refractivity contribution in [3.8, 4) is 23.0 Å². The highest BCUT2D eigenvalue weighted by Gasteiger charge is 2.30. The van der Waals surface area contributed by atoms with E-state index in [-0.39, 0.29) is 34.8 Å². The zero-order valence-corrected chi connectivity index (χ0v) is 30.0. The van der Waals surface area contributed by atoms with Gasteiger partial charge in [-0.3, -0.25) is 0 Å². The second kappa shape index (κ2) is 19.4. The van der Waals surface area contributed by atoms with Gasteiger partial charge in [0, 0.05) is 17.5 Å². The van der Waals surface area contributed by atoms with Gasteiger partial charge in [-0.15, -0.1) is 0 Å². The molecule has 4 rings (SSSR count). The number of aromatic hydroxyl groups is 4. The fraction of sp³-hybridized carbons (Fsp3) is 0.524. The van der Waals surface area contributed by atoms with E-state index >= 15 is 0 Å². The van der Waals surface area contributed by atoms with Crippen molar-refractivity contribution in [1.29, 1.82) is 0 Å². The number of hydrogen-bond acceptors (Lipinski definition) is 5. The van der Waals surface area contributed by atoms with Crippen molar-refractivity contribution in [3.63, 3.8) is 0 Å². The van der Waals surface area contributed by atoms with Crippen LogP contribution in [0.1, 0.15) is 128 Å². The lowest BCUT2D eigenvalue weighted by molar-refractivity contribution is 0.0903. The predicted octanol–water partition coefficient (Wildman–Crippen LogP) is 11.0. The lowest BCUT2D eigenvalue weighted by atomic mass is 9.73. The van der Waals surface area contributed by atoms with Gasteiger partial charge in [0.25, 0.3) is 0 Å². The molecule has 5 nitrogen and oxygen atoms in total. The van der Waals surface area contributed by atoms with E-state index in [4.69, 9.17) is 0 Å². The van der Waals surface area contributed by atoms with Crippen LogP contribution >= 0.6 is 0 Å². The Balaban J connectivity index is 0.000000270. The Hall–Kier alpha value is -3.44. The summed E-state index contributed by atoms with van der Waals surface area (Å²) < 4.78 is 0. The van der Waals surface area contributed by atoms with Gasteiger partial charge >= 0.3 is 0 Å². The van der Waals surface area contributed by atoms with Gasteiger partial charge < -0.3 is 25.5 Å². The van der Waals surface area contributed by atoms with Crippen LogP contribution in [0.25, 0.3) is 0 Å². The van der Waals surface area contributed by atoms with Gasteiger partial charge in [-0.25, -0.2) is 0 Å². The molecule has 0 heterocycles. The van der Waals surface area contributed by atoms with Crippen LogP contribution in [-0.2, 0) is 12.8 Å². The summed E-state index contributed by atoms with van der Waals surface area (Å²) in [5.74, 6) is 1.51. The summed E-state index contributed by atoms with van der Waals surface area (Å²) in [5, 5.41) is 49.0. The Kier molecular flexibility index (Phi) is 16.4. The van der Waals surface area contributed by atoms with E-state index in [0.29, 0.717) is 11.5 Å². The van der Waals surface area contributed by atoms with Gasteiger partial charge in [0.15, 0.2) is 0 Å². The van der Waals surface area contributed by atoms with Gasteiger partial charge in [0.2, 0.25) is 0 Å². The Morgan fingerprint density at radius 1 is 0.787 bits per heavy atom. The minimum absolute atomic E-state index is 0.0194. The Morgan fingerprint density at radius 3 is 1.77 bits per heavy atom. The van der Waals surface area contributed by atoms with Crippen LogP contribution in [0.5, 0.6) is 23.0 Å². The number of benzene rings is 2. The van der Waals surface area contributed by atoms with Gasteiger partial charge in [0.1, 0.15) is 23.0 Å². The molecule has 2 unspecified atom stereocenters. The van der Waals surface area contributed by atoms with Gasteiger partial charge in [-0.2, -0.15) is 0 Å². The molecule has 5 N–H and O–H groups in total. The third-order valence-corrected chi connectivity index (χ3v) is 9.29. The van der Waals surface area contributed by atoms with Crippen molar-refractivity contribution in [2.45, 2.75) is 130 Å². The summed E-state index contributed by atoms with van der Waals surface area (Å²) in [7, 11) is 0. The van der Waals surface area contributed by atoms with E-state index < -0.39 is 5.60 Å². The van der Waals surface area contributed by atoms with Gasteiger partial charge in [-0.1, -0.05) is 87.6 Å². The zero-order chi connectivity index (χ0) is 35.1. The molecule has 2 aliphatic carbocycles. The molecule has 0 aliphatic heterocycles. The normalized spacial score (nSPS) is 21.9. The van der Waals surface area contributed by atoms with Crippen LogP contribution in [0.3, 0.4) is 0 Å². The average molecular weight is 647 g/mol. The molecule has 0 radical (unpaired) electrons. The molecular formula is C42H62O5. The lowest BCUT2D eigenvalue weighted by Crippen LogP contribution is -2.25. The number of phenolic OH excluding ortho intramolecular Hbond substituents is 4. The number of unbranched alkanes of at least 4 members (excludes halogenated alkanes) is 4. The molecule has 0 bridgehead atoms. The molecule has 0 amide bonds. The fourth-order valence-corrected chi connectivity index (χ4v) is 6.39. The van der Waals surface area contributed by atoms with Crippen LogP contribution in [0.4, 0.5) is 0 Å². The molecule has 0 aromatic heterocycles. The Morgan fingerprint density at radius 2 is 1.32 bits per heavy atom. The summed E-state index contributed by atoms with van der Waals surface area (Å²) in [4.78, 5) is 0. The van der Waals surface area contributed by atoms with Gasteiger partial charge in [0.05, 0.1) is 5.60 Å². The molecule has 5 heteroatoms. The number of rotatable bonds is 11. The van der Waals surface area contributed by atoms with Crippen molar-refractivity contribution in [1.82, 2.24) is 0 Å². The number of allylic oxidation sites excluding steroid dienone is 5. The van der Waals surface area contributed by atoms with Crippen LogP contribution < -0.4 is 0 Å². The second-order valence-electron chi connectivity index (χ2n) is 14.1. The second-order valence-corrected chi connectivity index (χ2v) is 14.1. The first kappa shape index (κ1) is 39.7. The van der Waals surface area contributed by atoms with Gasteiger partial charge in [-0.05, 0) is 126 Å². The maximum Gasteiger partial charge on any atom is 0.123 e. The smallest absolute Gasteiger partial charge is 0.123 e. The van der Waals surface area contributed by atoms with E-state index in [1.165, 1.54) is 42.9 Å². The van der Waals surface area contributed by atoms with Crippen molar-refractivity contribution in [3.05, 3.63) is 95.1 Å². The molecule has 2 aromatic rings.